The molecule has 0 saturated carbocycles. The quantitative estimate of drug-likeness (QED) is 0.519. The third-order valence-electron chi connectivity index (χ3n) is 5.21. The Hall–Kier alpha value is -2.97. The van der Waals surface area contributed by atoms with Crippen molar-refractivity contribution >= 4 is 23.1 Å². The number of benzene rings is 1. The average molecular weight is 438 g/mol. The summed E-state index contributed by atoms with van der Waals surface area (Å²) in [5.41, 5.74) is 2.94. The fraction of sp³-hybridized carbons (Fsp3) is 0.348. The van der Waals surface area contributed by atoms with E-state index in [9.17, 15) is 4.79 Å². The van der Waals surface area contributed by atoms with E-state index >= 15 is 0 Å². The summed E-state index contributed by atoms with van der Waals surface area (Å²) in [5.74, 6) is 1.84. The zero-order valence-electron chi connectivity index (χ0n) is 17.4. The lowest BCUT2D eigenvalue weighted by atomic mass is 10.2. The summed E-state index contributed by atoms with van der Waals surface area (Å²) in [4.78, 5) is 25.6. The number of pyridine rings is 1. The molecule has 3 aromatic rings. The molecule has 1 fully saturated rings. The van der Waals surface area contributed by atoms with Crippen LogP contribution in [0, 0.1) is 0 Å². The molecule has 1 aliphatic rings. The first-order valence-electron chi connectivity index (χ1n) is 10.5. The Balaban J connectivity index is 1.13. The number of piperazine rings is 1. The predicted molar refractivity (Wildman–Crippen MR) is 123 cm³/mol. The van der Waals surface area contributed by atoms with Crippen LogP contribution in [0.2, 0.25) is 0 Å². The van der Waals surface area contributed by atoms with Crippen molar-refractivity contribution in [1.82, 2.24) is 20.2 Å². The molecule has 1 saturated heterocycles. The summed E-state index contributed by atoms with van der Waals surface area (Å²) in [6, 6.07) is 14.4. The van der Waals surface area contributed by atoms with E-state index in [0.29, 0.717) is 18.0 Å². The van der Waals surface area contributed by atoms with E-state index in [2.05, 4.69) is 43.3 Å². The molecule has 1 N–H and O–H groups in total. The Labute approximate surface area is 186 Å². The van der Waals surface area contributed by atoms with Gasteiger partial charge < -0.3 is 15.0 Å². The maximum atomic E-state index is 11.8. The second kappa shape index (κ2) is 10.9. The maximum absolute atomic E-state index is 11.8. The summed E-state index contributed by atoms with van der Waals surface area (Å²) in [6.07, 6.45) is 4.19. The molecule has 0 unspecified atom stereocenters. The van der Waals surface area contributed by atoms with Crippen LogP contribution in [0.5, 0.6) is 5.75 Å². The molecular weight excluding hydrogens is 410 g/mol. The molecule has 0 spiro atoms. The molecule has 1 aliphatic heterocycles. The van der Waals surface area contributed by atoms with Crippen molar-refractivity contribution in [3.63, 3.8) is 0 Å². The SMILES string of the molecule is O=C(NCCCOc1ccc(CN2CCN(c3ccccn3)CC2)cc1)c1cncs1. The van der Waals surface area contributed by atoms with Crippen molar-refractivity contribution in [2.75, 3.05) is 44.2 Å². The number of carbonyl (C=O) groups excluding carboxylic acids is 1. The predicted octanol–water partition coefficient (Wildman–Crippen LogP) is 3.06. The van der Waals surface area contributed by atoms with Gasteiger partial charge in [0.25, 0.3) is 5.91 Å². The molecule has 3 heterocycles. The largest absolute Gasteiger partial charge is 0.494 e. The summed E-state index contributed by atoms with van der Waals surface area (Å²) in [7, 11) is 0. The van der Waals surface area contributed by atoms with Crippen LogP contribution < -0.4 is 15.0 Å². The van der Waals surface area contributed by atoms with Gasteiger partial charge in [-0.05, 0) is 36.2 Å². The molecule has 162 valence electrons. The fourth-order valence-electron chi connectivity index (χ4n) is 3.50. The van der Waals surface area contributed by atoms with E-state index in [-0.39, 0.29) is 5.91 Å². The number of hydrogen-bond acceptors (Lipinski definition) is 7. The van der Waals surface area contributed by atoms with Gasteiger partial charge in [0, 0.05) is 45.5 Å². The highest BCUT2D eigenvalue weighted by Crippen LogP contribution is 2.17. The minimum absolute atomic E-state index is 0.0762. The van der Waals surface area contributed by atoms with Crippen LogP contribution >= 0.6 is 11.3 Å². The number of nitrogens with zero attached hydrogens (tertiary/aromatic N) is 4. The number of ether oxygens (including phenoxy) is 1. The summed E-state index contributed by atoms with van der Waals surface area (Å²) in [5, 5.41) is 2.88. The number of amides is 1. The highest BCUT2D eigenvalue weighted by atomic mass is 32.1. The molecule has 31 heavy (non-hydrogen) atoms. The van der Waals surface area contributed by atoms with Gasteiger partial charge in [0.2, 0.25) is 0 Å². The lowest BCUT2D eigenvalue weighted by molar-refractivity contribution is 0.0955. The minimum atomic E-state index is -0.0762. The van der Waals surface area contributed by atoms with Gasteiger partial charge in [0.1, 0.15) is 16.4 Å². The van der Waals surface area contributed by atoms with Gasteiger partial charge in [-0.1, -0.05) is 18.2 Å². The number of thiazole rings is 1. The maximum Gasteiger partial charge on any atom is 0.262 e. The molecule has 7 nitrogen and oxygen atoms in total. The number of carbonyl (C=O) groups is 1. The number of rotatable bonds is 9. The summed E-state index contributed by atoms with van der Waals surface area (Å²) >= 11 is 1.34. The zero-order chi connectivity index (χ0) is 21.3. The molecule has 4 rings (SSSR count). The van der Waals surface area contributed by atoms with Crippen LogP contribution in [-0.4, -0.2) is 60.1 Å². The second-order valence-corrected chi connectivity index (χ2v) is 8.31. The molecule has 2 aromatic heterocycles. The number of hydrogen-bond donors (Lipinski definition) is 1. The van der Waals surface area contributed by atoms with Crippen molar-refractivity contribution in [2.24, 2.45) is 0 Å². The Morgan fingerprint density at radius 3 is 2.65 bits per heavy atom. The first-order chi connectivity index (χ1) is 15.3. The molecule has 1 amide bonds. The van der Waals surface area contributed by atoms with Crippen molar-refractivity contribution in [1.29, 1.82) is 0 Å². The number of anilines is 1. The van der Waals surface area contributed by atoms with Gasteiger partial charge in [-0.2, -0.15) is 0 Å². The van der Waals surface area contributed by atoms with E-state index < -0.39 is 0 Å². The van der Waals surface area contributed by atoms with Crippen molar-refractivity contribution < 1.29 is 9.53 Å². The van der Waals surface area contributed by atoms with Gasteiger partial charge in [-0.15, -0.1) is 11.3 Å². The zero-order valence-corrected chi connectivity index (χ0v) is 18.3. The van der Waals surface area contributed by atoms with Crippen LogP contribution in [0.3, 0.4) is 0 Å². The summed E-state index contributed by atoms with van der Waals surface area (Å²) in [6.45, 7) is 6.15. The lowest BCUT2D eigenvalue weighted by Crippen LogP contribution is -2.46. The van der Waals surface area contributed by atoms with E-state index in [4.69, 9.17) is 4.74 Å². The molecule has 0 radical (unpaired) electrons. The highest BCUT2D eigenvalue weighted by molar-refractivity contribution is 7.11. The van der Waals surface area contributed by atoms with Crippen LogP contribution in [0.1, 0.15) is 21.7 Å². The van der Waals surface area contributed by atoms with Crippen LogP contribution in [-0.2, 0) is 6.54 Å². The van der Waals surface area contributed by atoms with E-state index in [1.165, 1.54) is 16.9 Å². The lowest BCUT2D eigenvalue weighted by Gasteiger charge is -2.35. The van der Waals surface area contributed by atoms with Crippen molar-refractivity contribution in [3.05, 3.63) is 70.8 Å². The average Bonchev–Trinajstić information content (AvgIpc) is 3.36. The molecule has 0 bridgehead atoms. The van der Waals surface area contributed by atoms with Gasteiger partial charge in [0.05, 0.1) is 18.3 Å². The Morgan fingerprint density at radius 1 is 1.10 bits per heavy atom. The number of nitrogens with one attached hydrogen (secondary N) is 1. The molecule has 0 aliphatic carbocycles. The monoisotopic (exact) mass is 437 g/mol. The third-order valence-corrected chi connectivity index (χ3v) is 5.98. The first-order valence-corrected chi connectivity index (χ1v) is 11.4. The highest BCUT2D eigenvalue weighted by Gasteiger charge is 2.17. The topological polar surface area (TPSA) is 70.6 Å². The molecule has 0 atom stereocenters. The molecule has 8 heteroatoms. The van der Waals surface area contributed by atoms with Gasteiger partial charge in [-0.25, -0.2) is 4.98 Å². The second-order valence-electron chi connectivity index (χ2n) is 7.42. The summed E-state index contributed by atoms with van der Waals surface area (Å²) < 4.78 is 5.80. The third kappa shape index (κ3) is 6.26. The van der Waals surface area contributed by atoms with Crippen molar-refractivity contribution in [3.8, 4) is 5.75 Å². The fourth-order valence-corrected chi connectivity index (χ4v) is 4.04. The first kappa shape index (κ1) is 21.3. The van der Waals surface area contributed by atoms with E-state index in [1.54, 1.807) is 11.7 Å². The van der Waals surface area contributed by atoms with E-state index in [1.807, 2.05) is 30.5 Å². The van der Waals surface area contributed by atoms with Gasteiger partial charge in [-0.3, -0.25) is 14.7 Å². The Kier molecular flexibility index (Phi) is 7.46. The van der Waals surface area contributed by atoms with E-state index in [0.717, 1.165) is 50.7 Å². The van der Waals surface area contributed by atoms with Crippen LogP contribution in [0.4, 0.5) is 5.82 Å². The Bertz CT molecular complexity index is 926. The van der Waals surface area contributed by atoms with Crippen molar-refractivity contribution in [2.45, 2.75) is 13.0 Å². The van der Waals surface area contributed by atoms with Crippen LogP contribution in [0.15, 0.2) is 60.4 Å². The smallest absolute Gasteiger partial charge is 0.262 e. The molecular formula is C23H27N5O2S. The molecule has 1 aromatic carbocycles. The normalized spacial score (nSPS) is 14.4. The standard InChI is InChI=1S/C23H27N5O2S/c29-23(21-16-24-18-31-21)26-10-3-15-30-20-7-5-19(6-8-20)17-27-11-13-28(14-12-27)22-4-1-2-9-25-22/h1-2,4-9,16,18H,3,10-15,17H2,(H,26,29). The number of aromatic nitrogens is 2. The van der Waals surface area contributed by atoms with Gasteiger partial charge in [0.15, 0.2) is 0 Å². The minimum Gasteiger partial charge on any atom is -0.494 e. The Morgan fingerprint density at radius 2 is 1.94 bits per heavy atom. The van der Waals surface area contributed by atoms with Crippen LogP contribution in [0.25, 0.3) is 0 Å². The van der Waals surface area contributed by atoms with Gasteiger partial charge >= 0.3 is 0 Å².